The highest BCUT2D eigenvalue weighted by Gasteiger charge is 2.23. The average Bonchev–Trinajstić information content (AvgIpc) is 3.43. The maximum absolute atomic E-state index is 12.5. The molecule has 1 aliphatic heterocycles. The van der Waals surface area contributed by atoms with Gasteiger partial charge in [-0.15, -0.1) is 0 Å². The molecule has 1 saturated heterocycles. The first-order valence-electron chi connectivity index (χ1n) is 9.04. The predicted molar refractivity (Wildman–Crippen MR) is 99.7 cm³/mol. The molecule has 11 heteroatoms. The summed E-state index contributed by atoms with van der Waals surface area (Å²) in [6.45, 7) is 1.01. The Morgan fingerprint density at radius 2 is 2.07 bits per heavy atom. The third-order valence-electron chi connectivity index (χ3n) is 4.52. The van der Waals surface area contributed by atoms with Crippen LogP contribution in [0.15, 0.2) is 44.4 Å². The van der Waals surface area contributed by atoms with E-state index in [-0.39, 0.29) is 23.5 Å². The molecule has 150 valence electrons. The number of ether oxygens (including phenoxy) is 1. The molecule has 1 fully saturated rings. The van der Waals surface area contributed by atoms with Crippen molar-refractivity contribution in [2.75, 3.05) is 13.2 Å². The maximum Gasteiger partial charge on any atom is 0.351 e. The number of carbonyl (C=O) groups is 1. The maximum atomic E-state index is 12.5. The number of hydrogen-bond acceptors (Lipinski definition) is 8. The lowest BCUT2D eigenvalue weighted by Crippen LogP contribution is -2.40. The molecular weight excluding hydrogens is 380 g/mol. The third kappa shape index (κ3) is 3.72. The number of nitrogens with one attached hydrogen (secondary N) is 1. The number of nitrogens with zero attached hydrogens (tertiary/aromatic N) is 5. The molecule has 4 rings (SSSR count). The Hall–Kier alpha value is -3.60. The van der Waals surface area contributed by atoms with Gasteiger partial charge in [-0.25, -0.2) is 4.79 Å². The van der Waals surface area contributed by atoms with Gasteiger partial charge in [0.25, 0.3) is 5.56 Å². The Balaban J connectivity index is 1.63. The van der Waals surface area contributed by atoms with Gasteiger partial charge in [-0.1, -0.05) is 23.4 Å². The molecule has 29 heavy (non-hydrogen) atoms. The third-order valence-corrected chi connectivity index (χ3v) is 4.52. The van der Waals surface area contributed by atoms with E-state index < -0.39 is 17.2 Å². The number of carbonyl (C=O) groups excluding carboxylic acids is 1. The molecule has 0 aliphatic carbocycles. The Kier molecular flexibility index (Phi) is 5.04. The zero-order chi connectivity index (χ0) is 20.4. The highest BCUT2D eigenvalue weighted by Crippen LogP contribution is 2.12. The van der Waals surface area contributed by atoms with E-state index in [0.717, 1.165) is 22.1 Å². The quantitative estimate of drug-likeness (QED) is 0.629. The van der Waals surface area contributed by atoms with Gasteiger partial charge >= 0.3 is 17.5 Å². The number of hydrogen-bond donors (Lipinski definition) is 1. The number of benzene rings is 1. The van der Waals surface area contributed by atoms with Gasteiger partial charge in [0.15, 0.2) is 5.69 Å². The Labute approximate surface area is 163 Å². The second-order valence-electron chi connectivity index (χ2n) is 6.51. The van der Waals surface area contributed by atoms with E-state index in [1.54, 1.807) is 30.3 Å². The van der Waals surface area contributed by atoms with Crippen molar-refractivity contribution in [1.82, 2.24) is 29.8 Å². The molecule has 1 aliphatic rings. The van der Waals surface area contributed by atoms with Crippen LogP contribution in [0.25, 0.3) is 17.2 Å². The lowest BCUT2D eigenvalue weighted by molar-refractivity contribution is 0.0822. The van der Waals surface area contributed by atoms with Crippen molar-refractivity contribution in [3.8, 4) is 17.2 Å². The van der Waals surface area contributed by atoms with E-state index in [1.807, 2.05) is 0 Å². The summed E-state index contributed by atoms with van der Waals surface area (Å²) >= 11 is 0. The lowest BCUT2D eigenvalue weighted by Gasteiger charge is -2.08. The molecule has 3 aromatic rings. The largest absolute Gasteiger partial charge is 0.376 e. The number of rotatable bonds is 5. The first-order chi connectivity index (χ1) is 14.0. The van der Waals surface area contributed by atoms with Crippen molar-refractivity contribution in [3.63, 3.8) is 0 Å². The first kappa shape index (κ1) is 18.7. The highest BCUT2D eigenvalue weighted by atomic mass is 16.5. The van der Waals surface area contributed by atoms with Crippen LogP contribution in [0.5, 0.6) is 0 Å². The van der Waals surface area contributed by atoms with E-state index in [1.165, 1.54) is 7.05 Å². The monoisotopic (exact) mass is 398 g/mol. The SMILES string of the molecule is Cn1c(=O)c(-c2noc(C(=O)NC[C@H]3CCCO3)n2)nn(-c2ccccc2)c1=O. The van der Waals surface area contributed by atoms with Crippen molar-refractivity contribution >= 4 is 5.91 Å². The standard InChI is InChI=1S/C18H18N6O5/c1-23-17(26)13(21-24(18(23)27)11-6-3-2-4-7-11)14-20-16(29-22-14)15(25)19-10-12-8-5-9-28-12/h2-4,6-7,12H,5,8-10H2,1H3,(H,19,25)/t12-/m1/s1. The van der Waals surface area contributed by atoms with Crippen molar-refractivity contribution < 1.29 is 14.1 Å². The molecular formula is C18H18N6O5. The van der Waals surface area contributed by atoms with Crippen LogP contribution in [-0.2, 0) is 11.8 Å². The number of para-hydroxylation sites is 1. The average molecular weight is 398 g/mol. The van der Waals surface area contributed by atoms with Crippen LogP contribution in [0.4, 0.5) is 0 Å². The Bertz CT molecular complexity index is 1140. The summed E-state index contributed by atoms with van der Waals surface area (Å²) in [5, 5.41) is 10.4. The van der Waals surface area contributed by atoms with Crippen LogP contribution >= 0.6 is 0 Å². The first-order valence-corrected chi connectivity index (χ1v) is 9.04. The van der Waals surface area contributed by atoms with Crippen LogP contribution in [0.2, 0.25) is 0 Å². The summed E-state index contributed by atoms with van der Waals surface area (Å²) in [7, 11) is 1.32. The minimum Gasteiger partial charge on any atom is -0.376 e. The van der Waals surface area contributed by atoms with Crippen LogP contribution in [0, 0.1) is 0 Å². The van der Waals surface area contributed by atoms with Crippen LogP contribution in [0.3, 0.4) is 0 Å². The molecule has 3 heterocycles. The van der Waals surface area contributed by atoms with Gasteiger partial charge in [-0.05, 0) is 25.0 Å². The van der Waals surface area contributed by atoms with Gasteiger partial charge in [0.2, 0.25) is 5.82 Å². The van der Waals surface area contributed by atoms with E-state index in [0.29, 0.717) is 18.8 Å². The molecule has 1 aromatic carbocycles. The van der Waals surface area contributed by atoms with Crippen molar-refractivity contribution in [3.05, 3.63) is 57.1 Å². The predicted octanol–water partition coefficient (Wildman–Crippen LogP) is -0.110. The summed E-state index contributed by atoms with van der Waals surface area (Å²) in [6, 6.07) is 8.60. The fraction of sp³-hybridized carbons (Fsp3) is 0.333. The summed E-state index contributed by atoms with van der Waals surface area (Å²) in [5.41, 5.74) is -1.07. The normalized spacial score (nSPS) is 16.1. The minimum atomic E-state index is -0.700. The zero-order valence-electron chi connectivity index (χ0n) is 15.6. The van der Waals surface area contributed by atoms with Gasteiger partial charge in [-0.2, -0.15) is 14.8 Å². The van der Waals surface area contributed by atoms with Crippen LogP contribution < -0.4 is 16.6 Å². The van der Waals surface area contributed by atoms with Gasteiger partial charge in [0, 0.05) is 20.2 Å². The topological polar surface area (TPSA) is 134 Å². The molecule has 1 amide bonds. The van der Waals surface area contributed by atoms with Gasteiger partial charge in [0.1, 0.15) is 0 Å². The van der Waals surface area contributed by atoms with Crippen molar-refractivity contribution in [2.24, 2.45) is 7.05 Å². The summed E-state index contributed by atoms with van der Waals surface area (Å²) < 4.78 is 12.4. The summed E-state index contributed by atoms with van der Waals surface area (Å²) in [5.74, 6) is -1.07. The second kappa shape index (κ2) is 7.80. The molecule has 2 aromatic heterocycles. The van der Waals surface area contributed by atoms with Gasteiger partial charge in [-0.3, -0.25) is 14.2 Å². The van der Waals surface area contributed by atoms with E-state index in [2.05, 4.69) is 20.6 Å². The van der Waals surface area contributed by atoms with E-state index in [9.17, 15) is 14.4 Å². The van der Waals surface area contributed by atoms with E-state index >= 15 is 0 Å². The molecule has 1 N–H and O–H groups in total. The van der Waals surface area contributed by atoms with Crippen LogP contribution in [-0.4, -0.2) is 49.7 Å². The molecule has 0 saturated carbocycles. The lowest BCUT2D eigenvalue weighted by atomic mass is 10.2. The fourth-order valence-corrected chi connectivity index (χ4v) is 2.95. The Morgan fingerprint density at radius 3 is 2.79 bits per heavy atom. The minimum absolute atomic E-state index is 0.0373. The molecule has 0 radical (unpaired) electrons. The van der Waals surface area contributed by atoms with Crippen molar-refractivity contribution in [2.45, 2.75) is 18.9 Å². The van der Waals surface area contributed by atoms with Gasteiger partial charge in [0.05, 0.1) is 11.8 Å². The highest BCUT2D eigenvalue weighted by molar-refractivity contribution is 5.89. The Morgan fingerprint density at radius 1 is 1.28 bits per heavy atom. The second-order valence-corrected chi connectivity index (χ2v) is 6.51. The number of amides is 1. The molecule has 1 atom stereocenters. The van der Waals surface area contributed by atoms with Crippen LogP contribution in [0.1, 0.15) is 23.5 Å². The zero-order valence-corrected chi connectivity index (χ0v) is 15.6. The van der Waals surface area contributed by atoms with Gasteiger partial charge < -0.3 is 14.6 Å². The van der Waals surface area contributed by atoms with E-state index in [4.69, 9.17) is 9.26 Å². The van der Waals surface area contributed by atoms with Crippen molar-refractivity contribution in [1.29, 1.82) is 0 Å². The molecule has 0 unspecified atom stereocenters. The number of aromatic nitrogens is 5. The summed E-state index contributed by atoms with van der Waals surface area (Å²) in [4.78, 5) is 41.1. The molecule has 0 spiro atoms. The molecule has 0 bridgehead atoms. The fourth-order valence-electron chi connectivity index (χ4n) is 2.95. The smallest absolute Gasteiger partial charge is 0.351 e. The molecule has 11 nitrogen and oxygen atoms in total. The summed E-state index contributed by atoms with van der Waals surface area (Å²) in [6.07, 6.45) is 1.79.